The Morgan fingerprint density at radius 2 is 1.57 bits per heavy atom. The molecule has 0 unspecified atom stereocenters. The lowest BCUT2D eigenvalue weighted by Crippen LogP contribution is -2.46. The van der Waals surface area contributed by atoms with Gasteiger partial charge in [-0.2, -0.15) is 0 Å². The Balaban J connectivity index is 2.35. The number of carboxylic acid groups (broad SMARTS) is 3. The molecular weight excluding hydrogens is 372 g/mol. The molecule has 1 aromatic rings. The van der Waals surface area contributed by atoms with Gasteiger partial charge in [0, 0.05) is 6.54 Å². The molecule has 0 radical (unpaired) electrons. The minimum Gasteiger partial charge on any atom is -0.480 e. The zero-order valence-electron chi connectivity index (χ0n) is 15.2. The molecule has 0 aromatic heterocycles. The second-order valence-corrected chi connectivity index (χ2v) is 6.03. The number of hydrogen-bond donors (Lipinski definition) is 4. The third kappa shape index (κ3) is 9.53. The predicted molar refractivity (Wildman–Crippen MR) is 96.7 cm³/mol. The quantitative estimate of drug-likeness (QED) is 0.358. The molecule has 10 heteroatoms. The van der Waals surface area contributed by atoms with Crippen molar-refractivity contribution in [3.8, 4) is 0 Å². The van der Waals surface area contributed by atoms with Gasteiger partial charge in [-0.05, 0) is 24.8 Å². The van der Waals surface area contributed by atoms with Crippen LogP contribution >= 0.6 is 0 Å². The van der Waals surface area contributed by atoms with Gasteiger partial charge in [-0.3, -0.25) is 19.3 Å². The summed E-state index contributed by atoms with van der Waals surface area (Å²) in [5, 5.41) is 29.5. The molecule has 0 bridgehead atoms. The summed E-state index contributed by atoms with van der Waals surface area (Å²) < 4.78 is 5.04. The van der Waals surface area contributed by atoms with Crippen LogP contribution < -0.4 is 5.32 Å². The highest BCUT2D eigenvalue weighted by molar-refractivity contribution is 5.78. The summed E-state index contributed by atoms with van der Waals surface area (Å²) in [7, 11) is 0. The van der Waals surface area contributed by atoms with Gasteiger partial charge < -0.3 is 25.4 Å². The van der Waals surface area contributed by atoms with Crippen molar-refractivity contribution in [2.24, 2.45) is 0 Å². The Labute approximate surface area is 161 Å². The van der Waals surface area contributed by atoms with E-state index in [2.05, 4.69) is 5.32 Å². The zero-order chi connectivity index (χ0) is 20.9. The molecule has 0 aliphatic heterocycles. The molecule has 10 nitrogen and oxygen atoms in total. The number of ether oxygens (including phenoxy) is 1. The lowest BCUT2D eigenvalue weighted by Gasteiger charge is -2.25. The predicted octanol–water partition coefficient (Wildman–Crippen LogP) is 1.01. The molecule has 1 amide bonds. The summed E-state index contributed by atoms with van der Waals surface area (Å²) in [6.45, 7) is -0.994. The number of benzene rings is 1. The summed E-state index contributed by atoms with van der Waals surface area (Å²) >= 11 is 0. The minimum absolute atomic E-state index is 0.0522. The maximum absolute atomic E-state index is 11.6. The van der Waals surface area contributed by atoms with Crippen LogP contribution in [-0.2, 0) is 25.7 Å². The molecule has 1 rings (SSSR count). The highest BCUT2D eigenvalue weighted by atomic mass is 16.5. The van der Waals surface area contributed by atoms with Crippen LogP contribution in [-0.4, -0.2) is 69.9 Å². The third-order valence-corrected chi connectivity index (χ3v) is 3.79. The Morgan fingerprint density at radius 3 is 2.11 bits per heavy atom. The van der Waals surface area contributed by atoms with Crippen molar-refractivity contribution in [2.45, 2.75) is 31.9 Å². The van der Waals surface area contributed by atoms with Crippen LogP contribution in [0.1, 0.15) is 24.8 Å². The molecule has 0 fully saturated rings. The van der Waals surface area contributed by atoms with Gasteiger partial charge in [0.1, 0.15) is 12.6 Å². The van der Waals surface area contributed by atoms with Crippen LogP contribution in [0, 0.1) is 0 Å². The van der Waals surface area contributed by atoms with E-state index in [0.29, 0.717) is 12.8 Å². The van der Waals surface area contributed by atoms with E-state index in [1.54, 1.807) is 0 Å². The second kappa shape index (κ2) is 12.3. The van der Waals surface area contributed by atoms with E-state index >= 15 is 0 Å². The number of amides is 1. The average Bonchev–Trinajstić information content (AvgIpc) is 2.62. The first kappa shape index (κ1) is 22.9. The van der Waals surface area contributed by atoms with E-state index in [-0.39, 0.29) is 19.6 Å². The van der Waals surface area contributed by atoms with Crippen LogP contribution in [0.2, 0.25) is 0 Å². The second-order valence-electron chi connectivity index (χ2n) is 6.03. The van der Waals surface area contributed by atoms with Crippen molar-refractivity contribution in [3.05, 3.63) is 35.9 Å². The van der Waals surface area contributed by atoms with Gasteiger partial charge in [0.2, 0.25) is 0 Å². The fourth-order valence-corrected chi connectivity index (χ4v) is 2.51. The fourth-order valence-electron chi connectivity index (χ4n) is 2.51. The molecule has 0 saturated carbocycles. The Bertz CT molecular complexity index is 649. The van der Waals surface area contributed by atoms with Crippen LogP contribution in [0.15, 0.2) is 30.3 Å². The van der Waals surface area contributed by atoms with E-state index < -0.39 is 43.1 Å². The topological polar surface area (TPSA) is 153 Å². The van der Waals surface area contributed by atoms with Gasteiger partial charge in [-0.15, -0.1) is 0 Å². The smallest absolute Gasteiger partial charge is 0.407 e. The lowest BCUT2D eigenvalue weighted by atomic mass is 10.1. The first-order valence-electron chi connectivity index (χ1n) is 8.64. The molecular formula is C18H24N2O8. The van der Waals surface area contributed by atoms with Crippen LogP contribution in [0.3, 0.4) is 0 Å². The Morgan fingerprint density at radius 1 is 0.964 bits per heavy atom. The maximum atomic E-state index is 11.6. The molecule has 0 heterocycles. The molecule has 154 valence electrons. The van der Waals surface area contributed by atoms with Crippen LogP contribution in [0.4, 0.5) is 4.79 Å². The summed E-state index contributed by atoms with van der Waals surface area (Å²) in [5.41, 5.74) is 0.846. The SMILES string of the molecule is O=C(O)CN(CC(=O)O)[C@@H](CCCCNC(=O)OCc1ccccc1)C(=O)O. The maximum Gasteiger partial charge on any atom is 0.407 e. The van der Waals surface area contributed by atoms with Crippen molar-refractivity contribution in [1.29, 1.82) is 0 Å². The summed E-state index contributed by atoms with van der Waals surface area (Å²) in [6, 6.07) is 7.90. The first-order valence-corrected chi connectivity index (χ1v) is 8.64. The van der Waals surface area contributed by atoms with Crippen molar-refractivity contribution in [2.75, 3.05) is 19.6 Å². The molecule has 0 aliphatic carbocycles. The van der Waals surface area contributed by atoms with E-state index in [0.717, 1.165) is 10.5 Å². The van der Waals surface area contributed by atoms with Crippen molar-refractivity contribution < 1.29 is 39.2 Å². The van der Waals surface area contributed by atoms with Gasteiger partial charge >= 0.3 is 24.0 Å². The highest BCUT2D eigenvalue weighted by Crippen LogP contribution is 2.10. The summed E-state index contributed by atoms with van der Waals surface area (Å²) in [4.78, 5) is 45.6. The van der Waals surface area contributed by atoms with E-state index in [9.17, 15) is 24.3 Å². The molecule has 4 N–H and O–H groups in total. The lowest BCUT2D eigenvalue weighted by molar-refractivity contribution is -0.149. The number of unbranched alkanes of at least 4 members (excludes halogenated alkanes) is 1. The number of carboxylic acids is 3. The number of alkyl carbamates (subject to hydrolysis) is 1. The van der Waals surface area contributed by atoms with Gasteiger partial charge in [0.05, 0.1) is 13.1 Å². The van der Waals surface area contributed by atoms with Gasteiger partial charge in [0.25, 0.3) is 0 Å². The molecule has 1 atom stereocenters. The number of rotatable bonds is 13. The molecule has 28 heavy (non-hydrogen) atoms. The highest BCUT2D eigenvalue weighted by Gasteiger charge is 2.28. The molecule has 0 saturated heterocycles. The normalized spacial score (nSPS) is 11.6. The standard InChI is InChI=1S/C18H24N2O8/c21-15(22)10-20(11-16(23)24)14(17(25)26)8-4-5-9-19-18(27)28-12-13-6-2-1-3-7-13/h1-3,6-7,14H,4-5,8-12H2,(H,19,27)(H,21,22)(H,23,24)(H,25,26)/t14-/m0/s1. The Kier molecular flexibility index (Phi) is 10.0. The molecule has 1 aromatic carbocycles. The van der Waals surface area contributed by atoms with Gasteiger partial charge in [-0.1, -0.05) is 30.3 Å². The summed E-state index contributed by atoms with van der Waals surface area (Å²) in [5.74, 6) is -3.91. The number of carbonyl (C=O) groups is 4. The average molecular weight is 396 g/mol. The number of hydrogen-bond acceptors (Lipinski definition) is 6. The first-order chi connectivity index (χ1) is 13.3. The number of nitrogens with one attached hydrogen (secondary N) is 1. The summed E-state index contributed by atoms with van der Waals surface area (Å²) in [6.07, 6.45) is 0.234. The van der Waals surface area contributed by atoms with Gasteiger partial charge in [-0.25, -0.2) is 4.79 Å². The van der Waals surface area contributed by atoms with Crippen molar-refractivity contribution in [3.63, 3.8) is 0 Å². The van der Waals surface area contributed by atoms with Crippen LogP contribution in [0.25, 0.3) is 0 Å². The third-order valence-electron chi connectivity index (χ3n) is 3.79. The van der Waals surface area contributed by atoms with E-state index in [1.165, 1.54) is 0 Å². The molecule has 0 spiro atoms. The Hall–Kier alpha value is -3.14. The number of nitrogens with zero attached hydrogens (tertiary/aromatic N) is 1. The molecule has 0 aliphatic rings. The van der Waals surface area contributed by atoms with Crippen LogP contribution in [0.5, 0.6) is 0 Å². The fraction of sp³-hybridized carbons (Fsp3) is 0.444. The number of aliphatic carboxylic acids is 3. The zero-order valence-corrected chi connectivity index (χ0v) is 15.2. The van der Waals surface area contributed by atoms with E-state index in [1.807, 2.05) is 30.3 Å². The monoisotopic (exact) mass is 396 g/mol. The number of carbonyl (C=O) groups excluding carboxylic acids is 1. The van der Waals surface area contributed by atoms with Gasteiger partial charge in [0.15, 0.2) is 0 Å². The van der Waals surface area contributed by atoms with E-state index in [4.69, 9.17) is 14.9 Å². The largest absolute Gasteiger partial charge is 0.480 e. The minimum atomic E-state index is -1.31. The van der Waals surface area contributed by atoms with Crippen molar-refractivity contribution >= 4 is 24.0 Å². The van der Waals surface area contributed by atoms with Crippen molar-refractivity contribution in [1.82, 2.24) is 10.2 Å².